The summed E-state index contributed by atoms with van der Waals surface area (Å²) in [7, 11) is 0. The lowest BCUT2D eigenvalue weighted by atomic mass is 9.85. The van der Waals surface area contributed by atoms with Crippen molar-refractivity contribution in [3.8, 4) is 0 Å². The molecule has 1 aliphatic carbocycles. The third-order valence-corrected chi connectivity index (χ3v) is 3.74. The van der Waals surface area contributed by atoms with E-state index in [-0.39, 0.29) is 31.2 Å². The van der Waals surface area contributed by atoms with Crippen molar-refractivity contribution < 1.29 is 18.0 Å². The van der Waals surface area contributed by atoms with Crippen LogP contribution in [0.3, 0.4) is 0 Å². The van der Waals surface area contributed by atoms with Crippen molar-refractivity contribution in [2.45, 2.75) is 44.3 Å². The first-order valence-electron chi connectivity index (χ1n) is 6.91. The van der Waals surface area contributed by atoms with E-state index in [0.29, 0.717) is 24.2 Å². The largest absolute Gasteiger partial charge is 0.397 e. The second kappa shape index (κ2) is 6.32. The third kappa shape index (κ3) is 4.61. The molecule has 1 saturated carbocycles. The highest BCUT2D eigenvalue weighted by Gasteiger charge is 2.41. The smallest absolute Gasteiger partial charge is 0.391 e. The summed E-state index contributed by atoms with van der Waals surface area (Å²) in [5, 5.41) is 2.78. The number of nitrogen functional groups attached to an aromatic ring is 1. The minimum Gasteiger partial charge on any atom is -0.397 e. The van der Waals surface area contributed by atoms with Crippen LogP contribution in [0.15, 0.2) is 18.3 Å². The number of nitrogens with two attached hydrogens (primary N) is 1. The Labute approximate surface area is 120 Å². The van der Waals surface area contributed by atoms with Crippen LogP contribution in [0.25, 0.3) is 0 Å². The van der Waals surface area contributed by atoms with Gasteiger partial charge in [-0.15, -0.1) is 0 Å². The average molecular weight is 301 g/mol. The lowest BCUT2D eigenvalue weighted by Crippen LogP contribution is -2.40. The van der Waals surface area contributed by atoms with Crippen molar-refractivity contribution in [2.75, 3.05) is 5.73 Å². The van der Waals surface area contributed by atoms with Crippen molar-refractivity contribution in [3.63, 3.8) is 0 Å². The summed E-state index contributed by atoms with van der Waals surface area (Å²) in [6.45, 7) is 0. The molecule has 0 saturated heterocycles. The molecule has 2 rings (SSSR count). The fourth-order valence-electron chi connectivity index (χ4n) is 2.55. The molecule has 1 heterocycles. The number of aromatic nitrogens is 1. The third-order valence-electron chi connectivity index (χ3n) is 3.74. The molecule has 0 spiro atoms. The molecule has 0 bridgehead atoms. The molecule has 0 aromatic carbocycles. The van der Waals surface area contributed by atoms with Crippen LogP contribution in [-0.2, 0) is 11.2 Å². The highest BCUT2D eigenvalue weighted by Crippen LogP contribution is 2.37. The summed E-state index contributed by atoms with van der Waals surface area (Å²) in [5.74, 6) is -1.45. The van der Waals surface area contributed by atoms with Crippen LogP contribution in [0.1, 0.15) is 31.4 Å². The lowest BCUT2D eigenvalue weighted by Gasteiger charge is -2.30. The monoisotopic (exact) mass is 301 g/mol. The number of rotatable bonds is 3. The van der Waals surface area contributed by atoms with E-state index in [0.717, 1.165) is 0 Å². The predicted molar refractivity (Wildman–Crippen MR) is 72.3 cm³/mol. The maximum absolute atomic E-state index is 12.5. The Morgan fingerprint density at radius 2 is 1.95 bits per heavy atom. The number of carbonyl (C=O) groups excluding carboxylic acids is 1. The van der Waals surface area contributed by atoms with Gasteiger partial charge < -0.3 is 11.1 Å². The Morgan fingerprint density at radius 3 is 2.48 bits per heavy atom. The van der Waals surface area contributed by atoms with Crippen molar-refractivity contribution in [2.24, 2.45) is 5.92 Å². The van der Waals surface area contributed by atoms with E-state index < -0.39 is 12.1 Å². The van der Waals surface area contributed by atoms with Crippen molar-refractivity contribution >= 4 is 11.6 Å². The number of hydrogen-bond acceptors (Lipinski definition) is 3. The van der Waals surface area contributed by atoms with Crippen molar-refractivity contribution in [3.05, 3.63) is 24.0 Å². The number of carbonyl (C=O) groups is 1. The van der Waals surface area contributed by atoms with Gasteiger partial charge in [-0.05, 0) is 37.8 Å². The molecule has 0 unspecified atom stereocenters. The highest BCUT2D eigenvalue weighted by atomic mass is 19.4. The van der Waals surface area contributed by atoms with Crippen LogP contribution in [0.5, 0.6) is 0 Å². The van der Waals surface area contributed by atoms with Crippen LogP contribution in [0.4, 0.5) is 18.9 Å². The number of halogens is 3. The van der Waals surface area contributed by atoms with E-state index in [9.17, 15) is 18.0 Å². The van der Waals surface area contributed by atoms with Gasteiger partial charge in [0.1, 0.15) is 0 Å². The zero-order chi connectivity index (χ0) is 15.5. The zero-order valence-electron chi connectivity index (χ0n) is 11.5. The summed E-state index contributed by atoms with van der Waals surface area (Å²) in [6.07, 6.45) is -1.65. The molecular formula is C14H18F3N3O. The zero-order valence-corrected chi connectivity index (χ0v) is 11.5. The van der Waals surface area contributed by atoms with E-state index in [1.807, 2.05) is 0 Å². The van der Waals surface area contributed by atoms with Gasteiger partial charge in [-0.2, -0.15) is 13.2 Å². The molecule has 0 aliphatic heterocycles. The molecule has 7 heteroatoms. The molecule has 0 radical (unpaired) electrons. The van der Waals surface area contributed by atoms with Gasteiger partial charge in [0.25, 0.3) is 0 Å². The molecule has 3 N–H and O–H groups in total. The second-order valence-corrected chi connectivity index (χ2v) is 5.42. The standard InChI is InChI=1S/C14H18F3N3O/c15-14(16,17)9-1-4-11(5-2-9)20-13(21)7-12-6-3-10(18)8-19-12/h3,6,8-9,11H,1-2,4-5,7,18H2,(H,20,21). The molecule has 116 valence electrons. The molecule has 1 aromatic heterocycles. The number of nitrogens with zero attached hydrogens (tertiary/aromatic N) is 1. The maximum Gasteiger partial charge on any atom is 0.391 e. The van der Waals surface area contributed by atoms with Crippen LogP contribution < -0.4 is 11.1 Å². The second-order valence-electron chi connectivity index (χ2n) is 5.42. The summed E-state index contributed by atoms with van der Waals surface area (Å²) in [4.78, 5) is 15.9. The summed E-state index contributed by atoms with van der Waals surface area (Å²) >= 11 is 0. The average Bonchev–Trinajstić information content (AvgIpc) is 2.41. The van der Waals surface area contributed by atoms with Gasteiger partial charge >= 0.3 is 6.18 Å². The molecule has 4 nitrogen and oxygen atoms in total. The maximum atomic E-state index is 12.5. The molecule has 21 heavy (non-hydrogen) atoms. The molecule has 1 aromatic rings. The number of anilines is 1. The SMILES string of the molecule is Nc1ccc(CC(=O)NC2CCC(C(F)(F)F)CC2)nc1. The summed E-state index contributed by atoms with van der Waals surface area (Å²) < 4.78 is 37.6. The fraction of sp³-hybridized carbons (Fsp3) is 0.571. The van der Waals surface area contributed by atoms with Gasteiger partial charge in [-0.1, -0.05) is 0 Å². The van der Waals surface area contributed by atoms with E-state index in [2.05, 4.69) is 10.3 Å². The highest BCUT2D eigenvalue weighted by molar-refractivity contribution is 5.78. The van der Waals surface area contributed by atoms with Crippen LogP contribution in [0, 0.1) is 5.92 Å². The Kier molecular flexibility index (Phi) is 4.69. The van der Waals surface area contributed by atoms with Gasteiger partial charge in [-0.25, -0.2) is 0 Å². The number of hydrogen-bond donors (Lipinski definition) is 2. The summed E-state index contributed by atoms with van der Waals surface area (Å²) in [6, 6.07) is 3.14. The first kappa shape index (κ1) is 15.6. The normalized spacial score (nSPS) is 22.8. The van der Waals surface area contributed by atoms with E-state index in [1.54, 1.807) is 12.1 Å². The number of alkyl halides is 3. The Morgan fingerprint density at radius 1 is 1.29 bits per heavy atom. The Balaban J connectivity index is 1.78. The molecule has 1 aliphatic rings. The Bertz CT molecular complexity index is 479. The van der Waals surface area contributed by atoms with Crippen molar-refractivity contribution in [1.29, 1.82) is 0 Å². The van der Waals surface area contributed by atoms with Crippen molar-refractivity contribution in [1.82, 2.24) is 10.3 Å². The lowest BCUT2D eigenvalue weighted by molar-refractivity contribution is -0.182. The van der Waals surface area contributed by atoms with Gasteiger partial charge in [-0.3, -0.25) is 9.78 Å². The first-order chi connectivity index (χ1) is 9.84. The van der Waals surface area contributed by atoms with Gasteiger partial charge in [0.2, 0.25) is 5.91 Å². The van der Waals surface area contributed by atoms with Crippen LogP contribution in [-0.4, -0.2) is 23.1 Å². The van der Waals surface area contributed by atoms with Gasteiger partial charge in [0.15, 0.2) is 0 Å². The fourth-order valence-corrected chi connectivity index (χ4v) is 2.55. The van der Waals surface area contributed by atoms with E-state index >= 15 is 0 Å². The first-order valence-corrected chi connectivity index (χ1v) is 6.91. The minimum atomic E-state index is -4.12. The molecule has 1 fully saturated rings. The van der Waals surface area contributed by atoms with Gasteiger partial charge in [0, 0.05) is 11.7 Å². The molecule has 1 amide bonds. The van der Waals surface area contributed by atoms with Crippen LogP contribution in [0.2, 0.25) is 0 Å². The Hall–Kier alpha value is -1.79. The molecular weight excluding hydrogens is 283 g/mol. The van der Waals surface area contributed by atoms with Crippen LogP contribution >= 0.6 is 0 Å². The van der Waals surface area contributed by atoms with E-state index in [1.165, 1.54) is 6.20 Å². The number of amides is 1. The summed E-state index contributed by atoms with van der Waals surface area (Å²) in [5.41, 5.74) is 6.61. The number of pyridine rings is 1. The van der Waals surface area contributed by atoms with Gasteiger partial charge in [0.05, 0.1) is 24.2 Å². The topological polar surface area (TPSA) is 68.0 Å². The van der Waals surface area contributed by atoms with E-state index in [4.69, 9.17) is 5.73 Å². The predicted octanol–water partition coefficient (Wildman–Crippen LogP) is 2.44. The minimum absolute atomic E-state index is 0.0779. The quantitative estimate of drug-likeness (QED) is 0.901. The molecule has 0 atom stereocenters. The number of nitrogens with one attached hydrogen (secondary N) is 1.